The number of rotatable bonds is 4. The molecule has 0 aliphatic carbocycles. The van der Waals surface area contributed by atoms with Crippen LogP contribution >= 0.6 is 11.6 Å². The lowest BCUT2D eigenvalue weighted by Crippen LogP contribution is -2.20. The van der Waals surface area contributed by atoms with Gasteiger partial charge in [-0.05, 0) is 42.7 Å². The molecule has 0 radical (unpaired) electrons. The van der Waals surface area contributed by atoms with Crippen LogP contribution in [0, 0.1) is 13.8 Å². The Labute approximate surface area is 125 Å². The summed E-state index contributed by atoms with van der Waals surface area (Å²) in [6, 6.07) is 13.7. The normalized spacial score (nSPS) is 14.1. The molecule has 20 heavy (non-hydrogen) atoms. The van der Waals surface area contributed by atoms with E-state index in [0.29, 0.717) is 11.6 Å². The molecular weight excluding hydrogens is 270 g/mol. The highest BCUT2D eigenvalue weighted by atomic mass is 35.5. The Hall–Kier alpha value is -1.35. The second-order valence-electron chi connectivity index (χ2n) is 5.20. The summed E-state index contributed by atoms with van der Waals surface area (Å²) in [6.07, 6.45) is -0.651. The summed E-state index contributed by atoms with van der Waals surface area (Å²) < 4.78 is 0. The van der Waals surface area contributed by atoms with E-state index in [4.69, 9.17) is 17.3 Å². The molecule has 0 fully saturated rings. The van der Waals surface area contributed by atoms with Crippen molar-refractivity contribution in [2.24, 2.45) is 5.73 Å². The maximum Gasteiger partial charge on any atom is 0.0873 e. The molecule has 0 amide bonds. The SMILES string of the molecule is Cc1ccc(C(CN)C(O)c2cc(Cl)ccc2C)cc1. The Balaban J connectivity index is 2.35. The van der Waals surface area contributed by atoms with Gasteiger partial charge in [0.25, 0.3) is 0 Å². The van der Waals surface area contributed by atoms with Gasteiger partial charge >= 0.3 is 0 Å². The van der Waals surface area contributed by atoms with Crippen molar-refractivity contribution in [3.05, 3.63) is 69.7 Å². The van der Waals surface area contributed by atoms with E-state index in [9.17, 15) is 5.11 Å². The van der Waals surface area contributed by atoms with Crippen LogP contribution in [0.1, 0.15) is 34.3 Å². The summed E-state index contributed by atoms with van der Waals surface area (Å²) in [6.45, 7) is 4.40. The van der Waals surface area contributed by atoms with Gasteiger partial charge in [0.15, 0.2) is 0 Å². The monoisotopic (exact) mass is 289 g/mol. The molecule has 0 aliphatic rings. The van der Waals surface area contributed by atoms with Crippen molar-refractivity contribution in [2.75, 3.05) is 6.54 Å². The van der Waals surface area contributed by atoms with Crippen molar-refractivity contribution in [1.82, 2.24) is 0 Å². The van der Waals surface area contributed by atoms with Gasteiger partial charge in [-0.3, -0.25) is 0 Å². The number of aliphatic hydroxyl groups is 1. The molecular formula is C17H20ClNO. The quantitative estimate of drug-likeness (QED) is 0.901. The topological polar surface area (TPSA) is 46.2 Å². The van der Waals surface area contributed by atoms with E-state index in [1.807, 2.05) is 56.3 Å². The van der Waals surface area contributed by atoms with Crippen LogP contribution in [0.3, 0.4) is 0 Å². The van der Waals surface area contributed by atoms with Crippen LogP contribution in [0.2, 0.25) is 5.02 Å². The zero-order valence-electron chi connectivity index (χ0n) is 11.8. The molecule has 0 saturated carbocycles. The van der Waals surface area contributed by atoms with Crippen molar-refractivity contribution in [3.8, 4) is 0 Å². The number of benzene rings is 2. The largest absolute Gasteiger partial charge is 0.388 e. The second-order valence-corrected chi connectivity index (χ2v) is 5.64. The van der Waals surface area contributed by atoms with E-state index in [2.05, 4.69) is 0 Å². The van der Waals surface area contributed by atoms with Gasteiger partial charge in [0.1, 0.15) is 0 Å². The van der Waals surface area contributed by atoms with Gasteiger partial charge in [0, 0.05) is 17.5 Å². The standard InChI is InChI=1S/C17H20ClNO/c1-11-3-6-13(7-4-11)16(10-19)17(20)15-9-14(18)8-5-12(15)2/h3-9,16-17,20H,10,19H2,1-2H3. The Bertz CT molecular complexity index is 580. The number of nitrogens with two attached hydrogens (primary N) is 1. The molecule has 2 atom stereocenters. The Morgan fingerprint density at radius 3 is 2.35 bits per heavy atom. The molecule has 0 bridgehead atoms. The number of hydrogen-bond donors (Lipinski definition) is 2. The third-order valence-corrected chi connectivity index (χ3v) is 3.94. The molecule has 0 spiro atoms. The molecule has 0 heterocycles. The van der Waals surface area contributed by atoms with E-state index < -0.39 is 6.10 Å². The molecule has 3 N–H and O–H groups in total. The third kappa shape index (κ3) is 3.21. The van der Waals surface area contributed by atoms with Crippen molar-refractivity contribution >= 4 is 11.6 Å². The minimum Gasteiger partial charge on any atom is -0.388 e. The van der Waals surface area contributed by atoms with Crippen molar-refractivity contribution in [1.29, 1.82) is 0 Å². The lowest BCUT2D eigenvalue weighted by Gasteiger charge is -2.24. The zero-order valence-corrected chi connectivity index (χ0v) is 12.6. The highest BCUT2D eigenvalue weighted by molar-refractivity contribution is 6.30. The molecule has 106 valence electrons. The number of hydrogen-bond acceptors (Lipinski definition) is 2. The minimum atomic E-state index is -0.651. The third-order valence-electron chi connectivity index (χ3n) is 3.70. The predicted molar refractivity (Wildman–Crippen MR) is 84.1 cm³/mol. The van der Waals surface area contributed by atoms with Crippen LogP contribution in [-0.2, 0) is 0 Å². The lowest BCUT2D eigenvalue weighted by atomic mass is 9.87. The first kappa shape index (κ1) is 15.0. The molecule has 0 saturated heterocycles. The number of aryl methyl sites for hydroxylation is 2. The molecule has 2 aromatic carbocycles. The van der Waals surface area contributed by atoms with E-state index in [-0.39, 0.29) is 5.92 Å². The first-order valence-electron chi connectivity index (χ1n) is 6.73. The molecule has 0 aliphatic heterocycles. The van der Waals surface area contributed by atoms with Gasteiger partial charge in [0.05, 0.1) is 6.10 Å². The lowest BCUT2D eigenvalue weighted by molar-refractivity contribution is 0.147. The van der Waals surface area contributed by atoms with Crippen molar-refractivity contribution < 1.29 is 5.11 Å². The van der Waals surface area contributed by atoms with Gasteiger partial charge in [0.2, 0.25) is 0 Å². The number of halogens is 1. The van der Waals surface area contributed by atoms with Gasteiger partial charge in [-0.2, -0.15) is 0 Å². The zero-order chi connectivity index (χ0) is 14.7. The first-order valence-corrected chi connectivity index (χ1v) is 7.11. The molecule has 2 aromatic rings. The van der Waals surface area contributed by atoms with E-state index >= 15 is 0 Å². The predicted octanol–water partition coefficient (Wildman–Crippen LogP) is 3.73. The van der Waals surface area contributed by atoms with E-state index in [1.165, 1.54) is 5.56 Å². The van der Waals surface area contributed by atoms with Gasteiger partial charge in [-0.15, -0.1) is 0 Å². The summed E-state index contributed by atoms with van der Waals surface area (Å²) >= 11 is 6.03. The highest BCUT2D eigenvalue weighted by Crippen LogP contribution is 2.33. The van der Waals surface area contributed by atoms with Crippen LogP contribution < -0.4 is 5.73 Å². The smallest absolute Gasteiger partial charge is 0.0873 e. The molecule has 2 nitrogen and oxygen atoms in total. The van der Waals surface area contributed by atoms with E-state index in [1.54, 1.807) is 0 Å². The fraction of sp³-hybridized carbons (Fsp3) is 0.294. The van der Waals surface area contributed by atoms with Crippen LogP contribution in [-0.4, -0.2) is 11.7 Å². The molecule has 2 unspecified atom stereocenters. The van der Waals surface area contributed by atoms with E-state index in [0.717, 1.165) is 16.7 Å². The minimum absolute atomic E-state index is 0.132. The fourth-order valence-electron chi connectivity index (χ4n) is 2.41. The molecule has 0 aromatic heterocycles. The maximum absolute atomic E-state index is 10.7. The summed E-state index contributed by atoms with van der Waals surface area (Å²) in [5.41, 5.74) is 9.98. The number of aliphatic hydroxyl groups excluding tert-OH is 1. The average molecular weight is 290 g/mol. The maximum atomic E-state index is 10.7. The van der Waals surface area contributed by atoms with Crippen molar-refractivity contribution in [3.63, 3.8) is 0 Å². The molecule has 3 heteroatoms. The Kier molecular flexibility index (Phi) is 4.81. The Morgan fingerprint density at radius 1 is 1.10 bits per heavy atom. The summed E-state index contributed by atoms with van der Waals surface area (Å²) in [5.74, 6) is -0.132. The van der Waals surface area contributed by atoms with Crippen LogP contribution in [0.15, 0.2) is 42.5 Å². The van der Waals surface area contributed by atoms with Crippen LogP contribution in [0.5, 0.6) is 0 Å². The average Bonchev–Trinajstić information content (AvgIpc) is 2.44. The Morgan fingerprint density at radius 2 is 1.75 bits per heavy atom. The van der Waals surface area contributed by atoms with Gasteiger partial charge < -0.3 is 10.8 Å². The van der Waals surface area contributed by atoms with Gasteiger partial charge in [-0.1, -0.05) is 47.5 Å². The van der Waals surface area contributed by atoms with Crippen LogP contribution in [0.25, 0.3) is 0 Å². The summed E-state index contributed by atoms with van der Waals surface area (Å²) in [4.78, 5) is 0. The fourth-order valence-corrected chi connectivity index (χ4v) is 2.59. The second kappa shape index (κ2) is 6.40. The highest BCUT2D eigenvalue weighted by Gasteiger charge is 2.23. The van der Waals surface area contributed by atoms with Crippen LogP contribution in [0.4, 0.5) is 0 Å². The summed E-state index contributed by atoms with van der Waals surface area (Å²) in [7, 11) is 0. The summed E-state index contributed by atoms with van der Waals surface area (Å²) in [5, 5.41) is 11.3. The first-order chi connectivity index (χ1) is 9.52. The van der Waals surface area contributed by atoms with Crippen molar-refractivity contribution in [2.45, 2.75) is 25.9 Å². The molecule has 2 rings (SSSR count). The van der Waals surface area contributed by atoms with Gasteiger partial charge in [-0.25, -0.2) is 0 Å².